The number of aryl methyl sites for hydroxylation is 1. The van der Waals surface area contributed by atoms with Crippen molar-refractivity contribution < 1.29 is 8.91 Å². The van der Waals surface area contributed by atoms with Crippen LogP contribution in [-0.2, 0) is 0 Å². The van der Waals surface area contributed by atoms with Crippen LogP contribution in [0, 0.1) is 12.7 Å². The number of aromatic amines is 1. The fourth-order valence-corrected chi connectivity index (χ4v) is 3.67. The predicted octanol–water partition coefficient (Wildman–Crippen LogP) is 2.76. The van der Waals surface area contributed by atoms with Gasteiger partial charge in [0.2, 0.25) is 0 Å². The highest BCUT2D eigenvalue weighted by Gasteiger charge is 2.23. The number of rotatable bonds is 5. The fraction of sp³-hybridized carbons (Fsp3) is 0.143. The number of H-pyrrole nitrogens is 1. The predicted molar refractivity (Wildman–Crippen MR) is 118 cm³/mol. The second kappa shape index (κ2) is 7.82. The Hall–Kier alpha value is -4.61. The number of nitrogen functional groups attached to an aromatic ring is 1. The quantitative estimate of drug-likeness (QED) is 0.369. The number of nitrogens with zero attached hydrogens (tertiary/aromatic N) is 6. The van der Waals surface area contributed by atoms with Crippen molar-refractivity contribution in [2.75, 3.05) is 11.1 Å². The molecule has 4 heterocycles. The van der Waals surface area contributed by atoms with Gasteiger partial charge in [-0.3, -0.25) is 14.5 Å². The smallest absolute Gasteiger partial charge is 0.267 e. The van der Waals surface area contributed by atoms with Gasteiger partial charge < -0.3 is 15.6 Å². The van der Waals surface area contributed by atoms with Crippen LogP contribution >= 0.6 is 0 Å². The van der Waals surface area contributed by atoms with Gasteiger partial charge in [-0.05, 0) is 31.4 Å². The zero-order valence-corrected chi connectivity index (χ0v) is 17.6. The monoisotopic (exact) mass is 447 g/mol. The van der Waals surface area contributed by atoms with Gasteiger partial charge in [-0.2, -0.15) is 10.1 Å². The van der Waals surface area contributed by atoms with Crippen molar-refractivity contribution in [2.24, 2.45) is 0 Å². The molecule has 0 spiro atoms. The molecule has 0 aliphatic heterocycles. The fourth-order valence-electron chi connectivity index (χ4n) is 3.67. The molecule has 1 aromatic carbocycles. The van der Waals surface area contributed by atoms with Crippen LogP contribution in [0.3, 0.4) is 0 Å². The van der Waals surface area contributed by atoms with Crippen molar-refractivity contribution in [1.29, 1.82) is 0 Å². The third-order valence-electron chi connectivity index (χ3n) is 5.15. The molecular formula is C21H18FN9O2. The lowest BCUT2D eigenvalue weighted by Crippen LogP contribution is -2.26. The summed E-state index contributed by atoms with van der Waals surface area (Å²) in [6, 6.07) is 7.34. The maximum atomic E-state index is 14.5. The molecule has 5 rings (SSSR count). The molecule has 0 radical (unpaired) electrons. The molecule has 0 amide bonds. The first-order valence-corrected chi connectivity index (χ1v) is 9.96. The van der Waals surface area contributed by atoms with Crippen LogP contribution in [-0.4, -0.2) is 34.9 Å². The summed E-state index contributed by atoms with van der Waals surface area (Å²) in [7, 11) is 0. The molecule has 0 aliphatic carbocycles. The van der Waals surface area contributed by atoms with E-state index in [-0.39, 0.29) is 17.1 Å². The number of fused-ring (bicyclic) bond motifs is 1. The van der Waals surface area contributed by atoms with Gasteiger partial charge in [0.1, 0.15) is 29.3 Å². The number of nitrogens with two attached hydrogens (primary N) is 1. The largest absolute Gasteiger partial charge is 0.383 e. The first kappa shape index (κ1) is 20.3. The number of aromatic nitrogens is 7. The van der Waals surface area contributed by atoms with E-state index in [0.29, 0.717) is 34.1 Å². The summed E-state index contributed by atoms with van der Waals surface area (Å²) >= 11 is 0. The van der Waals surface area contributed by atoms with Gasteiger partial charge in [-0.25, -0.2) is 14.4 Å². The van der Waals surface area contributed by atoms with Crippen LogP contribution in [0.4, 0.5) is 16.0 Å². The first-order valence-electron chi connectivity index (χ1n) is 9.96. The van der Waals surface area contributed by atoms with Crippen molar-refractivity contribution in [2.45, 2.75) is 19.9 Å². The number of nitrogens with one attached hydrogen (secondary N) is 2. The molecule has 166 valence electrons. The van der Waals surface area contributed by atoms with Crippen LogP contribution in [0.2, 0.25) is 0 Å². The SMILES string of the molecule is Cc1noc(-c2c(N)ncnc2N[C@@H](C)c2cc3cccc(F)c3c(=O)n2-c2cc[nH]n2)n1. The molecule has 0 unspecified atom stereocenters. The minimum Gasteiger partial charge on any atom is -0.383 e. The van der Waals surface area contributed by atoms with E-state index in [1.54, 1.807) is 37.4 Å². The van der Waals surface area contributed by atoms with Crippen LogP contribution < -0.4 is 16.6 Å². The Morgan fingerprint density at radius 2 is 2.12 bits per heavy atom. The molecule has 12 heteroatoms. The highest BCUT2D eigenvalue weighted by Crippen LogP contribution is 2.32. The summed E-state index contributed by atoms with van der Waals surface area (Å²) in [5, 5.41) is 14.3. The number of pyridine rings is 1. The maximum absolute atomic E-state index is 14.5. The van der Waals surface area contributed by atoms with Crippen LogP contribution in [0.1, 0.15) is 24.5 Å². The number of hydrogen-bond donors (Lipinski definition) is 3. The van der Waals surface area contributed by atoms with Gasteiger partial charge in [0.15, 0.2) is 11.6 Å². The third-order valence-corrected chi connectivity index (χ3v) is 5.15. The van der Waals surface area contributed by atoms with Crippen LogP contribution in [0.15, 0.2) is 52.2 Å². The van der Waals surface area contributed by atoms with Crippen molar-refractivity contribution in [3.8, 4) is 17.3 Å². The summed E-state index contributed by atoms with van der Waals surface area (Å²) in [6.07, 6.45) is 2.88. The Morgan fingerprint density at radius 3 is 2.85 bits per heavy atom. The van der Waals surface area contributed by atoms with E-state index in [1.165, 1.54) is 17.0 Å². The zero-order chi connectivity index (χ0) is 23.1. The molecular weight excluding hydrogens is 429 g/mol. The number of hydrogen-bond acceptors (Lipinski definition) is 9. The molecule has 4 aromatic heterocycles. The molecule has 0 aliphatic rings. The van der Waals surface area contributed by atoms with Crippen molar-refractivity contribution in [3.05, 3.63) is 70.5 Å². The summed E-state index contributed by atoms with van der Waals surface area (Å²) in [6.45, 7) is 3.50. The van der Waals surface area contributed by atoms with Crippen molar-refractivity contribution >= 4 is 22.4 Å². The molecule has 0 fully saturated rings. The van der Waals surface area contributed by atoms with E-state index >= 15 is 0 Å². The first-order chi connectivity index (χ1) is 15.9. The van der Waals surface area contributed by atoms with E-state index in [9.17, 15) is 9.18 Å². The van der Waals surface area contributed by atoms with Crippen molar-refractivity contribution in [3.63, 3.8) is 0 Å². The molecule has 5 aromatic rings. The topological polar surface area (TPSA) is 153 Å². The average Bonchev–Trinajstić information content (AvgIpc) is 3.45. The molecule has 33 heavy (non-hydrogen) atoms. The van der Waals surface area contributed by atoms with E-state index in [1.807, 2.05) is 6.92 Å². The lowest BCUT2D eigenvalue weighted by Gasteiger charge is -2.21. The number of halogens is 1. The van der Waals surface area contributed by atoms with E-state index in [4.69, 9.17) is 10.3 Å². The Morgan fingerprint density at radius 1 is 1.27 bits per heavy atom. The Bertz CT molecular complexity index is 1530. The molecule has 4 N–H and O–H groups in total. The second-order valence-corrected chi connectivity index (χ2v) is 7.34. The van der Waals surface area contributed by atoms with E-state index in [2.05, 4.69) is 35.6 Å². The van der Waals surface area contributed by atoms with Crippen molar-refractivity contribution in [1.82, 2.24) is 34.9 Å². The summed E-state index contributed by atoms with van der Waals surface area (Å²) in [4.78, 5) is 25.8. The van der Waals surface area contributed by atoms with E-state index < -0.39 is 17.4 Å². The average molecular weight is 447 g/mol. The van der Waals surface area contributed by atoms with Gasteiger partial charge in [0.25, 0.3) is 11.4 Å². The zero-order valence-electron chi connectivity index (χ0n) is 17.6. The molecule has 11 nitrogen and oxygen atoms in total. The van der Waals surface area contributed by atoms with Gasteiger partial charge in [0, 0.05) is 12.3 Å². The Labute approximate surface area is 185 Å². The summed E-state index contributed by atoms with van der Waals surface area (Å²) in [5.41, 5.74) is 6.40. The molecule has 0 saturated heterocycles. The highest BCUT2D eigenvalue weighted by atomic mass is 19.1. The molecule has 0 bridgehead atoms. The highest BCUT2D eigenvalue weighted by molar-refractivity contribution is 5.83. The lowest BCUT2D eigenvalue weighted by atomic mass is 10.1. The summed E-state index contributed by atoms with van der Waals surface area (Å²) in [5.74, 6) is 0.782. The number of anilines is 2. The maximum Gasteiger partial charge on any atom is 0.267 e. The van der Waals surface area contributed by atoms with E-state index in [0.717, 1.165) is 0 Å². The van der Waals surface area contributed by atoms with Gasteiger partial charge in [-0.1, -0.05) is 17.3 Å². The van der Waals surface area contributed by atoms with Gasteiger partial charge in [-0.15, -0.1) is 0 Å². The summed E-state index contributed by atoms with van der Waals surface area (Å²) < 4.78 is 21.1. The normalized spacial score (nSPS) is 12.2. The second-order valence-electron chi connectivity index (χ2n) is 7.34. The minimum absolute atomic E-state index is 0.0234. The number of benzene rings is 1. The molecule has 1 atom stereocenters. The van der Waals surface area contributed by atoms with Crippen LogP contribution in [0.5, 0.6) is 0 Å². The standard InChI is InChI=1S/C21H18FN9O2/c1-10(27-19-17(18(23)24-9-25-19)20-28-11(2)30-33-20)14-8-12-4-3-5-13(22)16(12)21(32)31(14)15-6-7-26-29-15/h3-10H,1-2H3,(H,26,29)(H3,23,24,25,27)/t10-/m0/s1. The Kier molecular flexibility index (Phi) is 4.81. The molecule has 0 saturated carbocycles. The van der Waals surface area contributed by atoms with Crippen LogP contribution in [0.25, 0.3) is 28.0 Å². The lowest BCUT2D eigenvalue weighted by molar-refractivity contribution is 0.425. The Balaban J connectivity index is 1.66. The van der Waals surface area contributed by atoms with Gasteiger partial charge in [0.05, 0.1) is 17.1 Å². The van der Waals surface area contributed by atoms with Gasteiger partial charge >= 0.3 is 0 Å². The minimum atomic E-state index is -0.605. The third kappa shape index (κ3) is 3.46.